The van der Waals surface area contributed by atoms with Crippen molar-refractivity contribution >= 4 is 11.7 Å². The minimum Gasteiger partial charge on any atom is -0.497 e. The summed E-state index contributed by atoms with van der Waals surface area (Å²) in [5.41, 5.74) is 0.835. The van der Waals surface area contributed by atoms with Gasteiger partial charge >= 0.3 is 11.7 Å². The number of ether oxygens (including phenoxy) is 4. The van der Waals surface area contributed by atoms with Crippen LogP contribution in [0.3, 0.4) is 0 Å². The van der Waals surface area contributed by atoms with Gasteiger partial charge in [-0.1, -0.05) is 12.1 Å². The number of hydrogen-bond donors (Lipinski definition) is 0. The SMILES string of the molecule is COc1ccc(CCOC(=O)COc2ccc([N+](=O)[O-])c(OC)c2)cc1. The van der Waals surface area contributed by atoms with Gasteiger partial charge in [-0.2, -0.15) is 0 Å². The minimum atomic E-state index is -0.559. The van der Waals surface area contributed by atoms with E-state index in [4.69, 9.17) is 18.9 Å². The number of nitro groups is 1. The summed E-state index contributed by atoms with van der Waals surface area (Å²) in [5, 5.41) is 10.8. The number of carbonyl (C=O) groups excluding carboxylic acids is 1. The Morgan fingerprint density at radius 3 is 2.35 bits per heavy atom. The normalized spacial score (nSPS) is 10.1. The second-order valence-electron chi connectivity index (χ2n) is 5.20. The Hall–Kier alpha value is -3.29. The zero-order chi connectivity index (χ0) is 18.9. The van der Waals surface area contributed by atoms with Gasteiger partial charge in [-0.3, -0.25) is 10.1 Å². The van der Waals surface area contributed by atoms with E-state index in [0.29, 0.717) is 6.42 Å². The lowest BCUT2D eigenvalue weighted by Crippen LogP contribution is -2.16. The fourth-order valence-corrected chi connectivity index (χ4v) is 2.16. The maximum absolute atomic E-state index is 11.7. The predicted octanol–water partition coefficient (Wildman–Crippen LogP) is 2.78. The summed E-state index contributed by atoms with van der Waals surface area (Å²) >= 11 is 0. The molecule has 8 nitrogen and oxygen atoms in total. The number of carbonyl (C=O) groups is 1. The molecular weight excluding hydrogens is 342 g/mol. The summed E-state index contributed by atoms with van der Waals surface area (Å²) in [6, 6.07) is 11.5. The van der Waals surface area contributed by atoms with Gasteiger partial charge in [-0.25, -0.2) is 4.79 Å². The molecule has 0 bridgehead atoms. The van der Waals surface area contributed by atoms with Gasteiger partial charge in [0.25, 0.3) is 0 Å². The lowest BCUT2D eigenvalue weighted by Gasteiger charge is -2.09. The zero-order valence-corrected chi connectivity index (χ0v) is 14.5. The first-order chi connectivity index (χ1) is 12.5. The molecule has 0 aliphatic heterocycles. The number of esters is 1. The lowest BCUT2D eigenvalue weighted by atomic mass is 10.1. The van der Waals surface area contributed by atoms with Gasteiger partial charge in [0.2, 0.25) is 5.75 Å². The molecule has 138 valence electrons. The summed E-state index contributed by atoms with van der Waals surface area (Å²) in [4.78, 5) is 22.0. The van der Waals surface area contributed by atoms with E-state index in [2.05, 4.69) is 0 Å². The van der Waals surface area contributed by atoms with E-state index in [9.17, 15) is 14.9 Å². The fourth-order valence-electron chi connectivity index (χ4n) is 2.16. The van der Waals surface area contributed by atoms with Crippen LogP contribution in [0.4, 0.5) is 5.69 Å². The Labute approximate surface area is 150 Å². The molecule has 0 atom stereocenters. The molecular formula is C18H19NO7. The monoisotopic (exact) mass is 361 g/mol. The van der Waals surface area contributed by atoms with Gasteiger partial charge in [0, 0.05) is 18.6 Å². The molecule has 0 amide bonds. The highest BCUT2D eigenvalue weighted by atomic mass is 16.6. The lowest BCUT2D eigenvalue weighted by molar-refractivity contribution is -0.385. The number of methoxy groups -OCH3 is 2. The van der Waals surface area contributed by atoms with Crippen LogP contribution in [0.15, 0.2) is 42.5 Å². The van der Waals surface area contributed by atoms with Crippen LogP contribution in [0.2, 0.25) is 0 Å². The molecule has 0 heterocycles. The van der Waals surface area contributed by atoms with Crippen molar-refractivity contribution in [1.29, 1.82) is 0 Å². The van der Waals surface area contributed by atoms with Crippen molar-refractivity contribution in [1.82, 2.24) is 0 Å². The first-order valence-corrected chi connectivity index (χ1v) is 7.77. The third kappa shape index (κ3) is 5.37. The highest BCUT2D eigenvalue weighted by Crippen LogP contribution is 2.30. The molecule has 0 aromatic heterocycles. The Morgan fingerprint density at radius 1 is 1.04 bits per heavy atom. The second-order valence-corrected chi connectivity index (χ2v) is 5.20. The number of nitrogens with zero attached hydrogens (tertiary/aromatic N) is 1. The maximum atomic E-state index is 11.7. The topological polar surface area (TPSA) is 97.1 Å². The molecule has 0 saturated heterocycles. The number of benzene rings is 2. The first-order valence-electron chi connectivity index (χ1n) is 7.77. The Morgan fingerprint density at radius 2 is 1.73 bits per heavy atom. The maximum Gasteiger partial charge on any atom is 0.344 e. The quantitative estimate of drug-likeness (QED) is 0.385. The Balaban J connectivity index is 1.78. The standard InChI is InChI=1S/C18H19NO7/c1-23-14-5-3-13(4-6-14)9-10-25-18(20)12-26-15-7-8-16(19(21)22)17(11-15)24-2/h3-8,11H,9-10,12H2,1-2H3. The van der Waals surface area contributed by atoms with Gasteiger partial charge in [0.1, 0.15) is 11.5 Å². The summed E-state index contributed by atoms with van der Waals surface area (Å²) in [6.45, 7) is -0.0817. The van der Waals surface area contributed by atoms with Crippen LogP contribution in [0.1, 0.15) is 5.56 Å². The molecule has 0 aliphatic carbocycles. The predicted molar refractivity (Wildman–Crippen MR) is 92.8 cm³/mol. The number of rotatable bonds is 9. The highest BCUT2D eigenvalue weighted by molar-refractivity contribution is 5.71. The second kappa shape index (κ2) is 9.26. The molecule has 0 spiro atoms. The van der Waals surface area contributed by atoms with E-state index in [1.807, 2.05) is 24.3 Å². The minimum absolute atomic E-state index is 0.0559. The van der Waals surface area contributed by atoms with Crippen molar-refractivity contribution in [3.05, 3.63) is 58.1 Å². The van der Waals surface area contributed by atoms with E-state index in [0.717, 1.165) is 11.3 Å². The average Bonchev–Trinajstić information content (AvgIpc) is 2.66. The molecule has 2 rings (SSSR count). The molecule has 0 fully saturated rings. The smallest absolute Gasteiger partial charge is 0.344 e. The fraction of sp³-hybridized carbons (Fsp3) is 0.278. The molecule has 8 heteroatoms. The van der Waals surface area contributed by atoms with Crippen molar-refractivity contribution < 1.29 is 28.7 Å². The van der Waals surface area contributed by atoms with E-state index in [-0.39, 0.29) is 30.4 Å². The van der Waals surface area contributed by atoms with E-state index in [1.54, 1.807) is 7.11 Å². The van der Waals surface area contributed by atoms with Crippen LogP contribution in [-0.4, -0.2) is 38.3 Å². The van der Waals surface area contributed by atoms with Crippen LogP contribution in [0, 0.1) is 10.1 Å². The van der Waals surface area contributed by atoms with E-state index < -0.39 is 10.9 Å². The Bertz CT molecular complexity index is 759. The van der Waals surface area contributed by atoms with Crippen LogP contribution in [-0.2, 0) is 16.0 Å². The molecule has 2 aromatic rings. The van der Waals surface area contributed by atoms with Crippen LogP contribution >= 0.6 is 0 Å². The van der Waals surface area contributed by atoms with Crippen LogP contribution < -0.4 is 14.2 Å². The van der Waals surface area contributed by atoms with Gasteiger partial charge < -0.3 is 18.9 Å². The van der Waals surface area contributed by atoms with Crippen molar-refractivity contribution in [3.8, 4) is 17.2 Å². The van der Waals surface area contributed by atoms with Crippen molar-refractivity contribution in [2.75, 3.05) is 27.4 Å². The molecule has 0 radical (unpaired) electrons. The molecule has 0 aliphatic rings. The molecule has 26 heavy (non-hydrogen) atoms. The largest absolute Gasteiger partial charge is 0.497 e. The van der Waals surface area contributed by atoms with Gasteiger partial charge in [-0.05, 0) is 23.8 Å². The first kappa shape index (κ1) is 19.0. The summed E-state index contributed by atoms with van der Waals surface area (Å²) in [7, 11) is 2.91. The third-order valence-electron chi connectivity index (χ3n) is 3.52. The highest BCUT2D eigenvalue weighted by Gasteiger charge is 2.15. The third-order valence-corrected chi connectivity index (χ3v) is 3.52. The van der Waals surface area contributed by atoms with Crippen molar-refractivity contribution in [2.45, 2.75) is 6.42 Å². The van der Waals surface area contributed by atoms with Crippen LogP contribution in [0.5, 0.6) is 17.2 Å². The van der Waals surface area contributed by atoms with E-state index in [1.165, 1.54) is 25.3 Å². The molecule has 0 saturated carbocycles. The number of hydrogen-bond acceptors (Lipinski definition) is 7. The van der Waals surface area contributed by atoms with Gasteiger partial charge in [0.05, 0.1) is 25.7 Å². The summed E-state index contributed by atoms with van der Waals surface area (Å²) in [5.74, 6) is 0.563. The molecule has 2 aromatic carbocycles. The van der Waals surface area contributed by atoms with Gasteiger partial charge in [-0.15, -0.1) is 0 Å². The molecule has 0 N–H and O–H groups in total. The molecule has 0 unspecified atom stereocenters. The average molecular weight is 361 g/mol. The van der Waals surface area contributed by atoms with Gasteiger partial charge in [0.15, 0.2) is 6.61 Å². The summed E-state index contributed by atoms with van der Waals surface area (Å²) in [6.07, 6.45) is 0.571. The number of nitro benzene ring substituents is 1. The zero-order valence-electron chi connectivity index (χ0n) is 14.5. The Kier molecular flexibility index (Phi) is 6.78. The summed E-state index contributed by atoms with van der Waals surface area (Å²) < 4.78 is 20.4. The van der Waals surface area contributed by atoms with Crippen LogP contribution in [0.25, 0.3) is 0 Å². The van der Waals surface area contributed by atoms with Crippen molar-refractivity contribution in [2.24, 2.45) is 0 Å². The van der Waals surface area contributed by atoms with E-state index >= 15 is 0 Å². The van der Waals surface area contributed by atoms with Crippen molar-refractivity contribution in [3.63, 3.8) is 0 Å².